The van der Waals surface area contributed by atoms with Crippen LogP contribution < -0.4 is 5.32 Å². The van der Waals surface area contributed by atoms with E-state index in [1.807, 2.05) is 0 Å². The van der Waals surface area contributed by atoms with E-state index in [0.717, 1.165) is 15.3 Å². The normalized spacial score (nSPS) is 17.6. The quantitative estimate of drug-likeness (QED) is 0.688. The predicted octanol–water partition coefficient (Wildman–Crippen LogP) is 2.46. The Labute approximate surface area is 196 Å². The number of rotatable bonds is 4. The molecule has 0 spiro atoms. The number of amides is 2. The van der Waals surface area contributed by atoms with Crippen LogP contribution in [0.2, 0.25) is 5.02 Å². The predicted molar refractivity (Wildman–Crippen MR) is 119 cm³/mol. The average molecular weight is 502 g/mol. The number of ether oxygens (including phenoxy) is 1. The molecule has 1 unspecified atom stereocenters. The van der Waals surface area contributed by atoms with Crippen molar-refractivity contribution >= 4 is 39.3 Å². The van der Waals surface area contributed by atoms with Crippen LogP contribution in [0.3, 0.4) is 0 Å². The Morgan fingerprint density at radius 2 is 1.97 bits per heavy atom. The van der Waals surface area contributed by atoms with Crippen molar-refractivity contribution in [3.05, 3.63) is 41.6 Å². The van der Waals surface area contributed by atoms with E-state index >= 15 is 0 Å². The zero-order valence-electron chi connectivity index (χ0n) is 18.6. The molecule has 13 heteroatoms. The van der Waals surface area contributed by atoms with Gasteiger partial charge in [0.05, 0.1) is 11.3 Å². The largest absolute Gasteiger partial charge is 0.444 e. The Kier molecular flexibility index (Phi) is 7.01. The van der Waals surface area contributed by atoms with Gasteiger partial charge in [0.1, 0.15) is 17.5 Å². The van der Waals surface area contributed by atoms with Gasteiger partial charge in [-0.25, -0.2) is 22.6 Å². The molecule has 1 aliphatic heterocycles. The summed E-state index contributed by atoms with van der Waals surface area (Å²) in [5.74, 6) is -1.44. The highest BCUT2D eigenvalue weighted by Gasteiger charge is 2.42. The van der Waals surface area contributed by atoms with E-state index in [1.165, 1.54) is 29.2 Å². The molecule has 1 fully saturated rings. The zero-order chi connectivity index (χ0) is 24.6. The molecule has 1 saturated heterocycles. The standard InChI is InChI=1S/C20H25ClFN5O5S/c1-20(2,3)32-19(29)27-8-7-26(33(30,31)17-11-25(4)12-23-17)10-16(27)18(28)24-13-5-6-14(21)15(22)9-13/h5-6,9,11-12,16H,7-8,10H2,1-4H3,(H,24,28). The Morgan fingerprint density at radius 3 is 2.55 bits per heavy atom. The van der Waals surface area contributed by atoms with Gasteiger partial charge in [-0.15, -0.1) is 0 Å². The summed E-state index contributed by atoms with van der Waals surface area (Å²) in [6.07, 6.45) is 1.93. The number of hydrogen-bond donors (Lipinski definition) is 1. The van der Waals surface area contributed by atoms with Gasteiger partial charge in [0.2, 0.25) is 5.91 Å². The second kappa shape index (κ2) is 9.27. The molecule has 1 aromatic carbocycles. The van der Waals surface area contributed by atoms with Crippen LogP contribution in [0.4, 0.5) is 14.9 Å². The highest BCUT2D eigenvalue weighted by atomic mass is 35.5. The molecule has 1 aliphatic rings. The summed E-state index contributed by atoms with van der Waals surface area (Å²) in [4.78, 5) is 30.9. The number of aryl methyl sites for hydroxylation is 1. The van der Waals surface area contributed by atoms with Gasteiger partial charge >= 0.3 is 6.09 Å². The summed E-state index contributed by atoms with van der Waals surface area (Å²) in [5.41, 5.74) is -0.718. The molecule has 180 valence electrons. The van der Waals surface area contributed by atoms with Crippen LogP contribution in [0.5, 0.6) is 0 Å². The van der Waals surface area contributed by atoms with E-state index in [4.69, 9.17) is 16.3 Å². The van der Waals surface area contributed by atoms with E-state index in [-0.39, 0.29) is 35.4 Å². The molecule has 0 aliphatic carbocycles. The maximum Gasteiger partial charge on any atom is 0.411 e. The van der Waals surface area contributed by atoms with Gasteiger partial charge < -0.3 is 14.6 Å². The minimum Gasteiger partial charge on any atom is -0.444 e. The van der Waals surface area contributed by atoms with Gasteiger partial charge in [-0.3, -0.25) is 9.69 Å². The van der Waals surface area contributed by atoms with Crippen LogP contribution in [0.25, 0.3) is 0 Å². The maximum atomic E-state index is 13.8. The van der Waals surface area contributed by atoms with Gasteiger partial charge in [0.15, 0.2) is 5.03 Å². The van der Waals surface area contributed by atoms with Crippen molar-refractivity contribution in [1.29, 1.82) is 0 Å². The lowest BCUT2D eigenvalue weighted by Gasteiger charge is -2.39. The molecule has 1 aromatic heterocycles. The monoisotopic (exact) mass is 501 g/mol. The molecule has 10 nitrogen and oxygen atoms in total. The van der Waals surface area contributed by atoms with E-state index in [9.17, 15) is 22.4 Å². The first-order chi connectivity index (χ1) is 15.3. The number of halogens is 2. The lowest BCUT2D eigenvalue weighted by molar-refractivity contribution is -0.122. The number of nitrogens with one attached hydrogen (secondary N) is 1. The Bertz CT molecular complexity index is 1160. The summed E-state index contributed by atoms with van der Waals surface area (Å²) < 4.78 is 47.8. The van der Waals surface area contributed by atoms with Gasteiger partial charge in [-0.05, 0) is 39.0 Å². The van der Waals surface area contributed by atoms with Crippen LogP contribution in [-0.2, 0) is 26.6 Å². The van der Waals surface area contributed by atoms with Crippen molar-refractivity contribution in [2.45, 2.75) is 37.4 Å². The lowest BCUT2D eigenvalue weighted by Crippen LogP contribution is -2.61. The van der Waals surface area contributed by atoms with Crippen molar-refractivity contribution in [2.24, 2.45) is 7.05 Å². The minimum atomic E-state index is -4.01. The Morgan fingerprint density at radius 1 is 1.27 bits per heavy atom. The van der Waals surface area contributed by atoms with Crippen molar-refractivity contribution < 1.29 is 27.1 Å². The van der Waals surface area contributed by atoms with E-state index < -0.39 is 39.5 Å². The third-order valence-electron chi connectivity index (χ3n) is 4.75. The summed E-state index contributed by atoms with van der Waals surface area (Å²) in [6, 6.07) is 2.47. The molecule has 2 aromatic rings. The van der Waals surface area contributed by atoms with E-state index in [1.54, 1.807) is 27.8 Å². The first kappa shape index (κ1) is 24.9. The molecule has 0 radical (unpaired) electrons. The van der Waals surface area contributed by atoms with E-state index in [0.29, 0.717) is 0 Å². The van der Waals surface area contributed by atoms with Crippen molar-refractivity contribution in [2.75, 3.05) is 25.0 Å². The first-order valence-electron chi connectivity index (χ1n) is 10.0. The molecule has 3 rings (SSSR count). The molecule has 1 N–H and O–H groups in total. The summed E-state index contributed by atoms with van der Waals surface area (Å²) >= 11 is 5.68. The second-order valence-electron chi connectivity index (χ2n) is 8.55. The topological polar surface area (TPSA) is 114 Å². The van der Waals surface area contributed by atoms with Crippen molar-refractivity contribution in [3.63, 3.8) is 0 Å². The smallest absolute Gasteiger partial charge is 0.411 e. The highest BCUT2D eigenvalue weighted by molar-refractivity contribution is 7.89. The number of benzene rings is 1. The number of sulfonamides is 1. The molecule has 0 saturated carbocycles. The van der Waals surface area contributed by atoms with Crippen LogP contribution in [0.1, 0.15) is 20.8 Å². The molecular weight excluding hydrogens is 477 g/mol. The number of carbonyl (C=O) groups is 2. The average Bonchev–Trinajstić information content (AvgIpc) is 3.16. The van der Waals surface area contributed by atoms with E-state index in [2.05, 4.69) is 10.3 Å². The fourth-order valence-corrected chi connectivity index (χ4v) is 4.71. The fourth-order valence-electron chi connectivity index (χ4n) is 3.19. The number of nitrogens with zero attached hydrogens (tertiary/aromatic N) is 4. The number of hydrogen-bond acceptors (Lipinski definition) is 6. The number of carbonyl (C=O) groups excluding carboxylic acids is 2. The van der Waals surface area contributed by atoms with Crippen LogP contribution >= 0.6 is 11.6 Å². The summed E-state index contributed by atoms with van der Waals surface area (Å²) in [6.45, 7) is 4.56. The summed E-state index contributed by atoms with van der Waals surface area (Å²) in [5, 5.41) is 2.23. The molecule has 0 bridgehead atoms. The van der Waals surface area contributed by atoms with Gasteiger partial charge in [-0.1, -0.05) is 11.6 Å². The van der Waals surface area contributed by atoms with Gasteiger partial charge in [0, 0.05) is 38.6 Å². The van der Waals surface area contributed by atoms with Gasteiger partial charge in [-0.2, -0.15) is 4.31 Å². The highest BCUT2D eigenvalue weighted by Crippen LogP contribution is 2.23. The van der Waals surface area contributed by atoms with Crippen LogP contribution in [0.15, 0.2) is 35.7 Å². The molecule has 1 atom stereocenters. The minimum absolute atomic E-state index is 0.0580. The third-order valence-corrected chi connectivity index (χ3v) is 6.80. The summed E-state index contributed by atoms with van der Waals surface area (Å²) in [7, 11) is -2.38. The molecule has 2 heterocycles. The van der Waals surface area contributed by atoms with Crippen molar-refractivity contribution in [1.82, 2.24) is 18.8 Å². The van der Waals surface area contributed by atoms with Gasteiger partial charge in [0.25, 0.3) is 10.0 Å². The Balaban J connectivity index is 1.88. The number of piperazine rings is 1. The molecular formula is C20H25ClFN5O5S. The molecule has 2 amide bonds. The second-order valence-corrected chi connectivity index (χ2v) is 10.8. The first-order valence-corrected chi connectivity index (χ1v) is 11.8. The Hall–Kier alpha value is -2.70. The SMILES string of the molecule is Cn1cnc(S(=O)(=O)N2CCN(C(=O)OC(C)(C)C)C(C(=O)Nc3ccc(Cl)c(F)c3)C2)c1. The third kappa shape index (κ3) is 5.81. The van der Waals surface area contributed by atoms with Crippen LogP contribution in [0, 0.1) is 5.82 Å². The zero-order valence-corrected chi connectivity index (χ0v) is 20.2. The lowest BCUT2D eigenvalue weighted by atomic mass is 10.1. The fraction of sp³-hybridized carbons (Fsp3) is 0.450. The number of imidazole rings is 1. The maximum absolute atomic E-state index is 13.8. The molecule has 33 heavy (non-hydrogen) atoms. The van der Waals surface area contributed by atoms with Crippen LogP contribution in [-0.4, -0.2) is 70.5 Å². The number of anilines is 1. The number of aromatic nitrogens is 2. The van der Waals surface area contributed by atoms with Crippen molar-refractivity contribution in [3.8, 4) is 0 Å².